The zero-order chi connectivity index (χ0) is 17.4. The summed E-state index contributed by atoms with van der Waals surface area (Å²) < 4.78 is 32.3. The van der Waals surface area contributed by atoms with Crippen LogP contribution in [0.5, 0.6) is 5.75 Å². The summed E-state index contributed by atoms with van der Waals surface area (Å²) in [5.41, 5.74) is 1.05. The third-order valence-corrected chi connectivity index (χ3v) is 6.05. The van der Waals surface area contributed by atoms with Gasteiger partial charge in [0.05, 0.1) is 11.5 Å². The minimum Gasteiger partial charge on any atom is -0.494 e. The largest absolute Gasteiger partial charge is 0.494 e. The highest BCUT2D eigenvalue weighted by molar-refractivity contribution is 7.98. The van der Waals surface area contributed by atoms with E-state index in [4.69, 9.17) is 16.3 Å². The van der Waals surface area contributed by atoms with Crippen molar-refractivity contribution in [2.24, 2.45) is 0 Å². The van der Waals surface area contributed by atoms with Gasteiger partial charge in [-0.15, -0.1) is 0 Å². The third-order valence-electron chi connectivity index (χ3n) is 3.20. The van der Waals surface area contributed by atoms with Crippen LogP contribution in [0.15, 0.2) is 53.4 Å². The van der Waals surface area contributed by atoms with Gasteiger partial charge in [-0.1, -0.05) is 29.8 Å². The van der Waals surface area contributed by atoms with Crippen molar-refractivity contribution in [3.63, 3.8) is 0 Å². The Morgan fingerprint density at radius 3 is 2.50 bits per heavy atom. The molecule has 0 aliphatic rings. The number of rotatable bonds is 9. The van der Waals surface area contributed by atoms with Crippen molar-refractivity contribution in [1.82, 2.24) is 4.72 Å². The molecule has 0 bridgehead atoms. The average molecular weight is 386 g/mol. The topological polar surface area (TPSA) is 55.4 Å². The molecule has 1 N–H and O–H groups in total. The van der Waals surface area contributed by atoms with E-state index in [1.165, 1.54) is 0 Å². The van der Waals surface area contributed by atoms with E-state index in [0.29, 0.717) is 24.7 Å². The van der Waals surface area contributed by atoms with Crippen LogP contribution in [-0.4, -0.2) is 27.3 Å². The molecule has 0 aliphatic carbocycles. The number of benzene rings is 2. The average Bonchev–Trinajstić information content (AvgIpc) is 2.57. The Balaban J connectivity index is 1.79. The molecule has 0 aliphatic heterocycles. The molecule has 0 amide bonds. The fourth-order valence-corrected chi connectivity index (χ4v) is 4.32. The molecule has 0 spiro atoms. The number of ether oxygens (including phenoxy) is 1. The fourth-order valence-electron chi connectivity index (χ4n) is 2.01. The highest BCUT2D eigenvalue weighted by Gasteiger charge is 2.13. The molecule has 0 saturated heterocycles. The second-order valence-corrected chi connectivity index (χ2v) is 8.23. The van der Waals surface area contributed by atoms with Gasteiger partial charge < -0.3 is 4.74 Å². The summed E-state index contributed by atoms with van der Waals surface area (Å²) in [5.74, 6) is 2.08. The first-order chi connectivity index (χ1) is 11.5. The number of thioether (sulfide) groups is 1. The zero-order valence-corrected chi connectivity index (χ0v) is 15.8. The standard InChI is InChI=1S/C17H20ClNO3S2/c1-2-22-15-7-9-16(10-8-15)24(20,21)19-11-12-23-13-14-5-3-4-6-17(14)18/h3-10,19H,2,11-13H2,1H3. The van der Waals surface area contributed by atoms with Gasteiger partial charge in [0.25, 0.3) is 0 Å². The summed E-state index contributed by atoms with van der Waals surface area (Å²) in [4.78, 5) is 0.238. The summed E-state index contributed by atoms with van der Waals surface area (Å²) in [5, 5.41) is 0.736. The van der Waals surface area contributed by atoms with Crippen molar-refractivity contribution >= 4 is 33.4 Å². The predicted molar refractivity (Wildman–Crippen MR) is 100 cm³/mol. The van der Waals surface area contributed by atoms with Gasteiger partial charge in [0.15, 0.2) is 0 Å². The van der Waals surface area contributed by atoms with Crippen molar-refractivity contribution in [2.45, 2.75) is 17.6 Å². The molecular formula is C17H20ClNO3S2. The fraction of sp³-hybridized carbons (Fsp3) is 0.294. The molecule has 130 valence electrons. The first-order valence-electron chi connectivity index (χ1n) is 7.56. The number of hydrogen-bond acceptors (Lipinski definition) is 4. The minimum atomic E-state index is -3.49. The maximum Gasteiger partial charge on any atom is 0.240 e. The molecule has 0 radical (unpaired) electrons. The van der Waals surface area contributed by atoms with Gasteiger partial charge in [0.1, 0.15) is 5.75 Å². The molecule has 0 fully saturated rings. The summed E-state index contributed by atoms with van der Waals surface area (Å²) in [6.45, 7) is 2.80. The second-order valence-electron chi connectivity index (χ2n) is 4.95. The summed E-state index contributed by atoms with van der Waals surface area (Å²) in [7, 11) is -3.49. The van der Waals surface area contributed by atoms with Gasteiger partial charge in [-0.2, -0.15) is 11.8 Å². The lowest BCUT2D eigenvalue weighted by molar-refractivity contribution is 0.340. The van der Waals surface area contributed by atoms with E-state index >= 15 is 0 Å². The molecule has 2 aromatic carbocycles. The highest BCUT2D eigenvalue weighted by Crippen LogP contribution is 2.20. The molecule has 0 aromatic heterocycles. The van der Waals surface area contributed by atoms with Crippen LogP contribution in [0.4, 0.5) is 0 Å². The molecular weight excluding hydrogens is 366 g/mol. The number of nitrogens with one attached hydrogen (secondary N) is 1. The smallest absolute Gasteiger partial charge is 0.240 e. The van der Waals surface area contributed by atoms with Crippen molar-refractivity contribution < 1.29 is 13.2 Å². The van der Waals surface area contributed by atoms with E-state index in [0.717, 1.165) is 16.3 Å². The van der Waals surface area contributed by atoms with Crippen LogP contribution in [0, 0.1) is 0 Å². The van der Waals surface area contributed by atoms with Crippen molar-refractivity contribution in [3.05, 3.63) is 59.1 Å². The lowest BCUT2D eigenvalue weighted by Gasteiger charge is -2.08. The lowest BCUT2D eigenvalue weighted by Crippen LogP contribution is -2.26. The van der Waals surface area contributed by atoms with Gasteiger partial charge >= 0.3 is 0 Å². The quantitative estimate of drug-likeness (QED) is 0.664. The molecule has 0 saturated carbocycles. The van der Waals surface area contributed by atoms with Crippen LogP contribution in [0.25, 0.3) is 0 Å². The molecule has 2 aromatic rings. The van der Waals surface area contributed by atoms with Gasteiger partial charge in [0, 0.05) is 23.1 Å². The van der Waals surface area contributed by atoms with Crippen LogP contribution >= 0.6 is 23.4 Å². The summed E-state index contributed by atoms with van der Waals surface area (Å²) >= 11 is 7.72. The normalized spacial score (nSPS) is 11.4. The molecule has 2 rings (SSSR count). The van der Waals surface area contributed by atoms with E-state index < -0.39 is 10.0 Å². The Bertz CT molecular complexity index is 749. The molecule has 0 heterocycles. The first-order valence-corrected chi connectivity index (χ1v) is 10.6. The van der Waals surface area contributed by atoms with E-state index in [-0.39, 0.29) is 4.90 Å². The third kappa shape index (κ3) is 5.70. The van der Waals surface area contributed by atoms with E-state index in [2.05, 4.69) is 4.72 Å². The molecule has 24 heavy (non-hydrogen) atoms. The summed E-state index contributed by atoms with van der Waals surface area (Å²) in [6, 6.07) is 14.1. The van der Waals surface area contributed by atoms with Crippen molar-refractivity contribution in [3.8, 4) is 5.75 Å². The minimum absolute atomic E-state index is 0.238. The van der Waals surface area contributed by atoms with E-state index in [9.17, 15) is 8.42 Å². The van der Waals surface area contributed by atoms with Gasteiger partial charge in [-0.05, 0) is 42.8 Å². The number of sulfonamides is 1. The molecule has 4 nitrogen and oxygen atoms in total. The van der Waals surface area contributed by atoms with Gasteiger partial charge in [-0.3, -0.25) is 0 Å². The van der Waals surface area contributed by atoms with E-state index in [1.807, 2.05) is 31.2 Å². The van der Waals surface area contributed by atoms with Crippen LogP contribution < -0.4 is 9.46 Å². The van der Waals surface area contributed by atoms with Crippen molar-refractivity contribution in [1.29, 1.82) is 0 Å². The highest BCUT2D eigenvalue weighted by atomic mass is 35.5. The van der Waals surface area contributed by atoms with Crippen LogP contribution in [0.2, 0.25) is 5.02 Å². The van der Waals surface area contributed by atoms with Gasteiger partial charge in [-0.25, -0.2) is 13.1 Å². The molecule has 0 atom stereocenters. The SMILES string of the molecule is CCOc1ccc(S(=O)(=O)NCCSCc2ccccc2Cl)cc1. The Kier molecular flexibility index (Phi) is 7.42. The number of hydrogen-bond donors (Lipinski definition) is 1. The summed E-state index contributed by atoms with van der Waals surface area (Å²) in [6.07, 6.45) is 0. The maximum absolute atomic E-state index is 12.2. The number of halogens is 1. The first kappa shape index (κ1) is 19.1. The van der Waals surface area contributed by atoms with Crippen LogP contribution in [0.1, 0.15) is 12.5 Å². The molecule has 7 heteroatoms. The van der Waals surface area contributed by atoms with Crippen LogP contribution in [-0.2, 0) is 15.8 Å². The second kappa shape index (κ2) is 9.32. The van der Waals surface area contributed by atoms with Crippen molar-refractivity contribution in [2.75, 3.05) is 18.9 Å². The van der Waals surface area contributed by atoms with E-state index in [1.54, 1.807) is 36.0 Å². The lowest BCUT2D eigenvalue weighted by atomic mass is 10.2. The zero-order valence-electron chi connectivity index (χ0n) is 13.4. The Morgan fingerprint density at radius 1 is 1.12 bits per heavy atom. The monoisotopic (exact) mass is 385 g/mol. The maximum atomic E-state index is 12.2. The Hall–Kier alpha value is -1.21. The Labute approximate surface area is 152 Å². The Morgan fingerprint density at radius 2 is 1.83 bits per heavy atom. The predicted octanol–water partition coefficient (Wildman–Crippen LogP) is 3.95. The van der Waals surface area contributed by atoms with Crippen LogP contribution in [0.3, 0.4) is 0 Å². The molecule has 0 unspecified atom stereocenters. The van der Waals surface area contributed by atoms with Gasteiger partial charge in [0.2, 0.25) is 10.0 Å².